The van der Waals surface area contributed by atoms with Gasteiger partial charge in [0.1, 0.15) is 12.0 Å². The van der Waals surface area contributed by atoms with E-state index in [1.165, 1.54) is 0 Å². The van der Waals surface area contributed by atoms with E-state index in [2.05, 4.69) is 33.3 Å². The van der Waals surface area contributed by atoms with Crippen LogP contribution < -0.4 is 5.32 Å². The molecule has 4 heterocycles. The summed E-state index contributed by atoms with van der Waals surface area (Å²) in [6.07, 6.45) is 7.46. The zero-order valence-corrected chi connectivity index (χ0v) is 22.9. The molecule has 1 amide bonds. The second-order valence-corrected chi connectivity index (χ2v) is 11.9. The number of piperidine rings is 1. The largest absolute Gasteiger partial charge is 0.376 e. The van der Waals surface area contributed by atoms with Crippen molar-refractivity contribution in [3.63, 3.8) is 0 Å². The number of pyridine rings is 1. The summed E-state index contributed by atoms with van der Waals surface area (Å²) in [5.41, 5.74) is 1.69. The molecule has 0 bridgehead atoms. The highest BCUT2D eigenvalue weighted by molar-refractivity contribution is 6.32. The summed E-state index contributed by atoms with van der Waals surface area (Å²) in [6, 6.07) is 6.04. The van der Waals surface area contributed by atoms with Gasteiger partial charge in [-0.1, -0.05) is 24.9 Å². The molecule has 3 fully saturated rings. The molecule has 3 aromatic rings. The third-order valence-corrected chi connectivity index (χ3v) is 9.46. The molecule has 1 aromatic carbocycles. The van der Waals surface area contributed by atoms with Crippen LogP contribution >= 0.6 is 11.6 Å². The maximum absolute atomic E-state index is 14.5. The molecule has 202 valence electrons. The minimum absolute atomic E-state index is 0.00895. The van der Waals surface area contributed by atoms with Crippen molar-refractivity contribution in [3.05, 3.63) is 52.9 Å². The Balaban J connectivity index is 1.16. The topological polar surface area (TPSA) is 72.3 Å². The molecule has 0 radical (unpaired) electrons. The predicted molar refractivity (Wildman–Crippen MR) is 146 cm³/mol. The number of benzene rings is 1. The Bertz CT molecular complexity index is 1360. The van der Waals surface area contributed by atoms with Gasteiger partial charge < -0.3 is 10.1 Å². The van der Waals surface area contributed by atoms with E-state index < -0.39 is 11.7 Å². The molecule has 6 rings (SSSR count). The number of carbonyl (C=O) groups is 1. The van der Waals surface area contributed by atoms with Crippen molar-refractivity contribution in [3.8, 4) is 0 Å². The number of ether oxygens (including phenoxy) is 1. The Morgan fingerprint density at radius 2 is 2.03 bits per heavy atom. The number of hydrogen-bond acceptors (Lipinski definition) is 5. The van der Waals surface area contributed by atoms with Gasteiger partial charge in [0, 0.05) is 41.7 Å². The molecule has 2 aromatic heterocycles. The minimum Gasteiger partial charge on any atom is -0.376 e. The van der Waals surface area contributed by atoms with Crippen LogP contribution in [0.15, 0.2) is 36.8 Å². The molecule has 1 aliphatic carbocycles. The van der Waals surface area contributed by atoms with E-state index in [0.717, 1.165) is 59.3 Å². The molecule has 1 N–H and O–H groups in total. The first kappa shape index (κ1) is 25.7. The van der Waals surface area contributed by atoms with Crippen molar-refractivity contribution in [1.29, 1.82) is 0 Å². The van der Waals surface area contributed by atoms with Crippen molar-refractivity contribution in [2.45, 2.75) is 56.7 Å². The third-order valence-electron chi connectivity index (χ3n) is 9.13. The number of nitrogens with zero attached hydrogens (tertiary/aromatic N) is 4. The number of likely N-dealkylation sites (tertiary alicyclic amines) is 1. The maximum atomic E-state index is 14.5. The summed E-state index contributed by atoms with van der Waals surface area (Å²) >= 11 is 6.73. The number of carbonyl (C=O) groups excluding carboxylic acids is 1. The van der Waals surface area contributed by atoms with Gasteiger partial charge in [-0.05, 0) is 79.4 Å². The van der Waals surface area contributed by atoms with Crippen LogP contribution in [0.3, 0.4) is 0 Å². The molecule has 2 aliphatic heterocycles. The zero-order valence-electron chi connectivity index (χ0n) is 22.2. The molecule has 1 saturated carbocycles. The third kappa shape index (κ3) is 4.50. The average molecular weight is 540 g/mol. The Hall–Kier alpha value is -2.55. The van der Waals surface area contributed by atoms with E-state index in [1.807, 2.05) is 38.5 Å². The van der Waals surface area contributed by atoms with E-state index in [0.29, 0.717) is 24.3 Å². The lowest BCUT2D eigenvalue weighted by Crippen LogP contribution is -2.55. The number of anilines is 1. The summed E-state index contributed by atoms with van der Waals surface area (Å²) in [5, 5.41) is 10.0. The summed E-state index contributed by atoms with van der Waals surface area (Å²) in [6.45, 7) is 6.36. The molecule has 3 aliphatic rings. The number of rotatable bonds is 6. The highest BCUT2D eigenvalue weighted by atomic mass is 35.5. The summed E-state index contributed by atoms with van der Waals surface area (Å²) in [7, 11) is 1.90. The zero-order chi connectivity index (χ0) is 26.6. The number of halogens is 2. The molecular formula is C29H35ClFN5O2. The van der Waals surface area contributed by atoms with E-state index in [-0.39, 0.29) is 24.3 Å². The van der Waals surface area contributed by atoms with Crippen LogP contribution in [0.25, 0.3) is 10.8 Å². The fourth-order valence-corrected chi connectivity index (χ4v) is 7.04. The van der Waals surface area contributed by atoms with Crippen LogP contribution in [-0.2, 0) is 16.6 Å². The number of hydrogen-bond donors (Lipinski definition) is 1. The fourth-order valence-electron chi connectivity index (χ4n) is 6.71. The van der Waals surface area contributed by atoms with Crippen LogP contribution in [0.4, 0.5) is 10.2 Å². The van der Waals surface area contributed by atoms with Gasteiger partial charge in [0.15, 0.2) is 0 Å². The lowest BCUT2D eigenvalue weighted by molar-refractivity contribution is -0.117. The number of nitrogens with one attached hydrogen (secondary N) is 1. The molecule has 7 nitrogen and oxygen atoms in total. The van der Waals surface area contributed by atoms with Crippen molar-refractivity contribution in [2.24, 2.45) is 18.9 Å². The van der Waals surface area contributed by atoms with Gasteiger partial charge in [-0.3, -0.25) is 14.4 Å². The Morgan fingerprint density at radius 1 is 1.24 bits per heavy atom. The van der Waals surface area contributed by atoms with E-state index >= 15 is 0 Å². The molecule has 2 saturated heterocycles. The van der Waals surface area contributed by atoms with E-state index in [4.69, 9.17) is 16.3 Å². The lowest BCUT2D eigenvalue weighted by Gasteiger charge is -2.43. The highest BCUT2D eigenvalue weighted by Crippen LogP contribution is 2.56. The van der Waals surface area contributed by atoms with E-state index in [1.54, 1.807) is 10.9 Å². The first-order valence-electron chi connectivity index (χ1n) is 13.6. The molecule has 0 spiro atoms. The first-order valence-corrected chi connectivity index (χ1v) is 14.0. The van der Waals surface area contributed by atoms with Gasteiger partial charge >= 0.3 is 0 Å². The minimum atomic E-state index is -0.952. The van der Waals surface area contributed by atoms with Crippen LogP contribution in [-0.4, -0.2) is 63.6 Å². The molecule has 5 atom stereocenters. The quantitative estimate of drug-likeness (QED) is 0.460. The number of fused-ring (bicyclic) bond motifs is 1. The van der Waals surface area contributed by atoms with Gasteiger partial charge in [-0.2, -0.15) is 5.10 Å². The van der Waals surface area contributed by atoms with Crippen LogP contribution in [0.1, 0.15) is 56.1 Å². The van der Waals surface area contributed by atoms with Gasteiger partial charge in [0.05, 0.1) is 24.9 Å². The van der Waals surface area contributed by atoms with Crippen LogP contribution in [0.2, 0.25) is 5.02 Å². The number of alkyl halides is 1. The second-order valence-electron chi connectivity index (χ2n) is 11.5. The SMILES string of the molecule is CC[C@H]1[C@H](C(=O)Nc2cc3cc(C4CCN([C@@]5(C)COC[C@H]5F)CC4)c(Cl)cc3cn2)[C@H]1c1cnn(C)c1. The van der Waals surface area contributed by atoms with Crippen LogP contribution in [0.5, 0.6) is 0 Å². The van der Waals surface area contributed by atoms with Crippen molar-refractivity contribution in [2.75, 3.05) is 31.6 Å². The summed E-state index contributed by atoms with van der Waals surface area (Å²) < 4.78 is 21.7. The molecular weight excluding hydrogens is 505 g/mol. The lowest BCUT2D eigenvalue weighted by atomic mass is 9.85. The van der Waals surface area contributed by atoms with E-state index in [9.17, 15) is 9.18 Å². The Morgan fingerprint density at radius 3 is 2.68 bits per heavy atom. The number of aryl methyl sites for hydroxylation is 1. The molecule has 9 heteroatoms. The maximum Gasteiger partial charge on any atom is 0.229 e. The van der Waals surface area contributed by atoms with Crippen molar-refractivity contribution < 1.29 is 13.9 Å². The monoisotopic (exact) mass is 539 g/mol. The normalized spacial score (nSPS) is 30.1. The smallest absolute Gasteiger partial charge is 0.229 e. The van der Waals surface area contributed by atoms with Gasteiger partial charge in [0.25, 0.3) is 0 Å². The Kier molecular flexibility index (Phi) is 6.69. The van der Waals surface area contributed by atoms with Crippen molar-refractivity contribution in [1.82, 2.24) is 19.7 Å². The van der Waals surface area contributed by atoms with Crippen LogP contribution in [0, 0.1) is 11.8 Å². The Labute approximate surface area is 227 Å². The predicted octanol–water partition coefficient (Wildman–Crippen LogP) is 5.31. The highest BCUT2D eigenvalue weighted by Gasteiger charge is 2.54. The molecule has 0 unspecified atom stereocenters. The van der Waals surface area contributed by atoms with Gasteiger partial charge in [-0.15, -0.1) is 0 Å². The first-order chi connectivity index (χ1) is 18.3. The number of aromatic nitrogens is 3. The number of amides is 1. The summed E-state index contributed by atoms with van der Waals surface area (Å²) in [4.78, 5) is 19.9. The van der Waals surface area contributed by atoms with Crippen molar-refractivity contribution >= 4 is 34.1 Å². The van der Waals surface area contributed by atoms with Gasteiger partial charge in [0.2, 0.25) is 5.91 Å². The second kappa shape index (κ2) is 9.88. The summed E-state index contributed by atoms with van der Waals surface area (Å²) in [5.74, 6) is 1.33. The average Bonchev–Trinajstić information content (AvgIpc) is 3.33. The standard InChI is InChI=1S/C29H35ClFN5O2/c1-4-21-26(20-13-33-35(3)14-20)27(21)28(37)34-25-11-18-9-22(23(30)10-19(18)12-32-25)17-5-7-36(8-6-17)29(2)16-38-15-24(29)31/h9-14,17,21,24,26-27H,4-8,15-16H2,1-3H3,(H,32,34,37)/t21-,24-,26+,27+,29+/m1/s1. The fraction of sp³-hybridized carbons (Fsp3) is 0.552. The van der Waals surface area contributed by atoms with Gasteiger partial charge in [-0.25, -0.2) is 9.37 Å². The molecule has 38 heavy (non-hydrogen) atoms.